The summed E-state index contributed by atoms with van der Waals surface area (Å²) in [6, 6.07) is 7.92. The van der Waals surface area contributed by atoms with Crippen LogP contribution >= 0.6 is 15.9 Å². The molecule has 100 valence electrons. The van der Waals surface area contributed by atoms with Crippen LogP contribution in [0.4, 0.5) is 0 Å². The molecule has 0 aromatic heterocycles. The second kappa shape index (κ2) is 5.52. The van der Waals surface area contributed by atoms with E-state index in [1.165, 1.54) is 0 Å². The zero-order valence-electron chi connectivity index (χ0n) is 11.3. The average Bonchev–Trinajstić information content (AvgIpc) is 2.39. The summed E-state index contributed by atoms with van der Waals surface area (Å²) in [7, 11) is 0. The van der Waals surface area contributed by atoms with Crippen molar-refractivity contribution in [3.05, 3.63) is 24.3 Å². The molecule has 1 aliphatic rings. The van der Waals surface area contributed by atoms with Crippen LogP contribution in [-0.2, 0) is 0 Å². The fraction of sp³-hybridized carbons (Fsp3) is 0.600. The second-order valence-electron chi connectivity index (χ2n) is 5.05. The van der Waals surface area contributed by atoms with E-state index in [-0.39, 0.29) is 11.5 Å². The molecule has 1 aromatic rings. The summed E-state index contributed by atoms with van der Waals surface area (Å²) in [5.41, 5.74) is 0.222. The fourth-order valence-electron chi connectivity index (χ4n) is 2.38. The van der Waals surface area contributed by atoms with Crippen LogP contribution in [0.1, 0.15) is 33.6 Å². The highest BCUT2D eigenvalue weighted by molar-refractivity contribution is 9.09. The molecule has 3 atom stereocenters. The molecule has 0 heterocycles. The lowest BCUT2D eigenvalue weighted by atomic mass is 9.65. The lowest BCUT2D eigenvalue weighted by Crippen LogP contribution is -2.54. The number of rotatable bonds is 5. The highest BCUT2D eigenvalue weighted by Crippen LogP contribution is 2.50. The minimum Gasteiger partial charge on any atom is -0.490 e. The molecule has 0 bridgehead atoms. The zero-order chi connectivity index (χ0) is 13.2. The molecule has 3 unspecified atom stereocenters. The number of benzene rings is 1. The molecule has 2 nitrogen and oxygen atoms in total. The molecule has 0 amide bonds. The van der Waals surface area contributed by atoms with E-state index in [1.807, 2.05) is 31.2 Å². The largest absolute Gasteiger partial charge is 0.490 e. The Bertz CT molecular complexity index is 407. The number of hydrogen-bond acceptors (Lipinski definition) is 2. The number of hydrogen-bond donors (Lipinski definition) is 0. The average molecular weight is 313 g/mol. The SMILES string of the molecule is CCOc1ccccc1OC1CC(Br)C1(C)CC. The molecular formula is C15H21BrO2. The maximum absolute atomic E-state index is 6.16. The molecule has 0 spiro atoms. The third kappa shape index (κ3) is 2.37. The number of ether oxygens (including phenoxy) is 2. The molecule has 0 aliphatic heterocycles. The van der Waals surface area contributed by atoms with Crippen LogP contribution in [0.2, 0.25) is 0 Å². The predicted molar refractivity (Wildman–Crippen MR) is 77.8 cm³/mol. The molecule has 1 aromatic carbocycles. The van der Waals surface area contributed by atoms with Gasteiger partial charge in [0, 0.05) is 10.2 Å². The minimum absolute atomic E-state index is 0.222. The van der Waals surface area contributed by atoms with Gasteiger partial charge < -0.3 is 9.47 Å². The monoisotopic (exact) mass is 312 g/mol. The van der Waals surface area contributed by atoms with Crippen molar-refractivity contribution in [3.63, 3.8) is 0 Å². The lowest BCUT2D eigenvalue weighted by molar-refractivity contribution is -0.0258. The summed E-state index contributed by atoms with van der Waals surface area (Å²) in [6.45, 7) is 7.16. The number of alkyl halides is 1. The highest BCUT2D eigenvalue weighted by atomic mass is 79.9. The molecule has 0 N–H and O–H groups in total. The predicted octanol–water partition coefficient (Wildman–Crippen LogP) is 4.42. The number of halogens is 1. The third-order valence-corrected chi connectivity index (χ3v) is 5.47. The lowest BCUT2D eigenvalue weighted by Gasteiger charge is -2.50. The molecule has 2 rings (SSSR count). The molecule has 0 saturated heterocycles. The van der Waals surface area contributed by atoms with Crippen molar-refractivity contribution >= 4 is 15.9 Å². The van der Waals surface area contributed by atoms with Crippen molar-refractivity contribution in [2.45, 2.75) is 44.5 Å². The van der Waals surface area contributed by atoms with Gasteiger partial charge in [0.25, 0.3) is 0 Å². The normalized spacial score (nSPS) is 30.7. The Morgan fingerprint density at radius 2 is 1.94 bits per heavy atom. The van der Waals surface area contributed by atoms with E-state index in [4.69, 9.17) is 9.47 Å². The van der Waals surface area contributed by atoms with Crippen molar-refractivity contribution in [3.8, 4) is 11.5 Å². The summed E-state index contributed by atoms with van der Waals surface area (Å²) >= 11 is 3.73. The van der Waals surface area contributed by atoms with E-state index in [2.05, 4.69) is 29.8 Å². The quantitative estimate of drug-likeness (QED) is 0.749. The smallest absolute Gasteiger partial charge is 0.161 e. The van der Waals surface area contributed by atoms with Gasteiger partial charge in [-0.1, -0.05) is 41.9 Å². The van der Waals surface area contributed by atoms with E-state index in [0.717, 1.165) is 24.3 Å². The highest BCUT2D eigenvalue weighted by Gasteiger charge is 2.51. The first-order chi connectivity index (χ1) is 8.61. The topological polar surface area (TPSA) is 18.5 Å². The van der Waals surface area contributed by atoms with Gasteiger partial charge in [0.15, 0.2) is 11.5 Å². The van der Waals surface area contributed by atoms with Crippen molar-refractivity contribution in [1.29, 1.82) is 0 Å². The van der Waals surface area contributed by atoms with Gasteiger partial charge >= 0.3 is 0 Å². The van der Waals surface area contributed by atoms with Crippen molar-refractivity contribution in [2.75, 3.05) is 6.61 Å². The summed E-state index contributed by atoms with van der Waals surface area (Å²) in [6.07, 6.45) is 2.45. The van der Waals surface area contributed by atoms with Crippen LogP contribution in [0.15, 0.2) is 24.3 Å². The van der Waals surface area contributed by atoms with Gasteiger partial charge in [-0.15, -0.1) is 0 Å². The van der Waals surface area contributed by atoms with E-state index < -0.39 is 0 Å². The van der Waals surface area contributed by atoms with Gasteiger partial charge in [-0.2, -0.15) is 0 Å². The molecule has 1 fully saturated rings. The Morgan fingerprint density at radius 3 is 2.50 bits per heavy atom. The minimum atomic E-state index is 0.222. The maximum Gasteiger partial charge on any atom is 0.161 e. The molecule has 3 heteroatoms. The fourth-order valence-corrected chi connectivity index (χ4v) is 3.33. The van der Waals surface area contributed by atoms with Crippen LogP contribution in [0.3, 0.4) is 0 Å². The Labute approximate surface area is 118 Å². The first kappa shape index (κ1) is 13.7. The Hall–Kier alpha value is -0.700. The van der Waals surface area contributed by atoms with Gasteiger partial charge in [-0.3, -0.25) is 0 Å². The standard InChI is InChI=1S/C15H21BrO2/c1-4-15(3)13(16)10-14(15)18-12-9-7-6-8-11(12)17-5-2/h6-9,13-14H,4-5,10H2,1-3H3. The van der Waals surface area contributed by atoms with Gasteiger partial charge in [0.1, 0.15) is 6.10 Å². The maximum atomic E-state index is 6.16. The second-order valence-corrected chi connectivity index (χ2v) is 6.15. The van der Waals surface area contributed by atoms with Crippen molar-refractivity contribution < 1.29 is 9.47 Å². The van der Waals surface area contributed by atoms with Crippen LogP contribution in [0.5, 0.6) is 11.5 Å². The van der Waals surface area contributed by atoms with Crippen LogP contribution in [-0.4, -0.2) is 17.5 Å². The number of para-hydroxylation sites is 2. The summed E-state index contributed by atoms with van der Waals surface area (Å²) in [4.78, 5) is 0.555. The van der Waals surface area contributed by atoms with E-state index in [1.54, 1.807) is 0 Å². The van der Waals surface area contributed by atoms with Crippen LogP contribution in [0.25, 0.3) is 0 Å². The van der Waals surface area contributed by atoms with E-state index in [0.29, 0.717) is 11.4 Å². The van der Waals surface area contributed by atoms with Gasteiger partial charge in [0.05, 0.1) is 6.61 Å². The summed E-state index contributed by atoms with van der Waals surface area (Å²) in [5, 5.41) is 0. The molecule has 18 heavy (non-hydrogen) atoms. The molecule has 1 aliphatic carbocycles. The molecule has 0 radical (unpaired) electrons. The van der Waals surface area contributed by atoms with Gasteiger partial charge in [0.2, 0.25) is 0 Å². The Morgan fingerprint density at radius 1 is 1.28 bits per heavy atom. The molecular weight excluding hydrogens is 292 g/mol. The zero-order valence-corrected chi connectivity index (χ0v) is 12.9. The first-order valence-electron chi connectivity index (χ1n) is 6.64. The van der Waals surface area contributed by atoms with E-state index in [9.17, 15) is 0 Å². The van der Waals surface area contributed by atoms with Gasteiger partial charge in [-0.25, -0.2) is 0 Å². The molecule has 1 saturated carbocycles. The summed E-state index contributed by atoms with van der Waals surface area (Å²) < 4.78 is 11.8. The Balaban J connectivity index is 2.11. The van der Waals surface area contributed by atoms with Crippen molar-refractivity contribution in [1.82, 2.24) is 0 Å². The Kier molecular flexibility index (Phi) is 4.21. The first-order valence-corrected chi connectivity index (χ1v) is 7.56. The van der Waals surface area contributed by atoms with Crippen molar-refractivity contribution in [2.24, 2.45) is 5.41 Å². The summed E-state index contributed by atoms with van der Waals surface area (Å²) in [5.74, 6) is 1.71. The van der Waals surface area contributed by atoms with Gasteiger partial charge in [-0.05, 0) is 31.9 Å². The third-order valence-electron chi connectivity index (χ3n) is 4.05. The van der Waals surface area contributed by atoms with Crippen LogP contribution < -0.4 is 9.47 Å². The van der Waals surface area contributed by atoms with Crippen LogP contribution in [0, 0.1) is 5.41 Å². The van der Waals surface area contributed by atoms with E-state index >= 15 is 0 Å².